The van der Waals surface area contributed by atoms with Gasteiger partial charge in [0.05, 0.1) is 7.11 Å². The molecule has 26 heavy (non-hydrogen) atoms. The average molecular weight is 367 g/mol. The van der Waals surface area contributed by atoms with Crippen LogP contribution < -0.4 is 20.5 Å². The van der Waals surface area contributed by atoms with Gasteiger partial charge in [0.25, 0.3) is 0 Å². The quantitative estimate of drug-likeness (QED) is 0.433. The summed E-state index contributed by atoms with van der Waals surface area (Å²) in [6.45, 7) is 3.07. The van der Waals surface area contributed by atoms with Crippen LogP contribution in [0.3, 0.4) is 0 Å². The second-order valence-corrected chi connectivity index (χ2v) is 6.53. The van der Waals surface area contributed by atoms with Crippen molar-refractivity contribution in [2.24, 2.45) is 5.73 Å². The number of benzene rings is 1. The van der Waals surface area contributed by atoms with E-state index in [4.69, 9.17) is 20.3 Å². The molecular formula is C20H34N2O4. The van der Waals surface area contributed by atoms with Crippen LogP contribution in [0.25, 0.3) is 0 Å². The molecule has 6 heteroatoms. The standard InChI is InChI=1S/C20H34N2O4/c1-3-4-5-6-7-8-9-17(22-20(23)24)14-16-10-11-18(26-13-12-21)19(15-16)25-2/h10-11,15,17,22H,3-9,12-14,21H2,1-2H3,(H,23,24). The molecule has 6 nitrogen and oxygen atoms in total. The number of hydrogen-bond donors (Lipinski definition) is 3. The van der Waals surface area contributed by atoms with Crippen molar-refractivity contribution in [3.8, 4) is 11.5 Å². The van der Waals surface area contributed by atoms with Crippen LogP contribution in [0.15, 0.2) is 18.2 Å². The van der Waals surface area contributed by atoms with Crippen molar-refractivity contribution in [3.05, 3.63) is 23.8 Å². The molecule has 1 amide bonds. The molecule has 0 saturated heterocycles. The van der Waals surface area contributed by atoms with Crippen molar-refractivity contribution in [1.82, 2.24) is 5.32 Å². The van der Waals surface area contributed by atoms with Gasteiger partial charge in [-0.3, -0.25) is 0 Å². The molecule has 1 rings (SSSR count). The number of nitrogens with one attached hydrogen (secondary N) is 1. The zero-order chi connectivity index (χ0) is 19.2. The van der Waals surface area contributed by atoms with E-state index in [0.29, 0.717) is 31.1 Å². The molecule has 0 spiro atoms. The van der Waals surface area contributed by atoms with Crippen LogP contribution in [0.1, 0.15) is 57.4 Å². The zero-order valence-corrected chi connectivity index (χ0v) is 16.1. The van der Waals surface area contributed by atoms with Crippen LogP contribution in [-0.2, 0) is 6.42 Å². The first-order valence-electron chi connectivity index (χ1n) is 9.60. The third-order valence-corrected chi connectivity index (χ3v) is 4.32. The highest BCUT2D eigenvalue weighted by atomic mass is 16.5. The molecule has 0 aliphatic carbocycles. The van der Waals surface area contributed by atoms with Crippen LogP contribution in [0.4, 0.5) is 4.79 Å². The van der Waals surface area contributed by atoms with E-state index in [1.54, 1.807) is 7.11 Å². The maximum atomic E-state index is 11.1. The van der Waals surface area contributed by atoms with Crippen LogP contribution >= 0.6 is 0 Å². The van der Waals surface area contributed by atoms with Gasteiger partial charge in [-0.05, 0) is 30.5 Å². The summed E-state index contributed by atoms with van der Waals surface area (Å²) in [7, 11) is 1.59. The summed E-state index contributed by atoms with van der Waals surface area (Å²) in [6.07, 6.45) is 7.66. The fraction of sp³-hybridized carbons (Fsp3) is 0.650. The summed E-state index contributed by atoms with van der Waals surface area (Å²) in [6, 6.07) is 5.61. The molecule has 1 unspecified atom stereocenters. The number of nitrogens with two attached hydrogens (primary N) is 1. The maximum absolute atomic E-state index is 11.1. The monoisotopic (exact) mass is 366 g/mol. The Hall–Kier alpha value is -1.95. The summed E-state index contributed by atoms with van der Waals surface area (Å²) in [5.41, 5.74) is 6.49. The molecule has 0 saturated carbocycles. The minimum absolute atomic E-state index is 0.0980. The van der Waals surface area contributed by atoms with E-state index < -0.39 is 6.09 Å². The van der Waals surface area contributed by atoms with E-state index in [2.05, 4.69) is 12.2 Å². The fourth-order valence-corrected chi connectivity index (χ4v) is 2.98. The highest BCUT2D eigenvalue weighted by Crippen LogP contribution is 2.28. The van der Waals surface area contributed by atoms with Crippen molar-refractivity contribution in [1.29, 1.82) is 0 Å². The Morgan fingerprint density at radius 3 is 2.58 bits per heavy atom. The van der Waals surface area contributed by atoms with E-state index >= 15 is 0 Å². The summed E-state index contributed by atoms with van der Waals surface area (Å²) in [5, 5.41) is 11.8. The molecule has 0 radical (unpaired) electrons. The average Bonchev–Trinajstić information content (AvgIpc) is 2.62. The SMILES string of the molecule is CCCCCCCCC(Cc1ccc(OCCN)c(OC)c1)NC(=O)O. The van der Waals surface area contributed by atoms with Crippen LogP contribution in [0.2, 0.25) is 0 Å². The van der Waals surface area contributed by atoms with Crippen molar-refractivity contribution >= 4 is 6.09 Å². The second-order valence-electron chi connectivity index (χ2n) is 6.53. The molecule has 0 bridgehead atoms. The Balaban J connectivity index is 2.61. The van der Waals surface area contributed by atoms with Crippen LogP contribution in [0, 0.1) is 0 Å². The molecule has 1 aromatic carbocycles. The van der Waals surface area contributed by atoms with E-state index in [1.807, 2.05) is 18.2 Å². The Kier molecular flexibility index (Phi) is 11.3. The predicted molar refractivity (Wildman–Crippen MR) is 104 cm³/mol. The summed E-state index contributed by atoms with van der Waals surface area (Å²) in [4.78, 5) is 11.1. The summed E-state index contributed by atoms with van der Waals surface area (Å²) in [5.74, 6) is 1.30. The third-order valence-electron chi connectivity index (χ3n) is 4.32. The Morgan fingerprint density at radius 2 is 1.92 bits per heavy atom. The molecule has 1 aromatic rings. The van der Waals surface area contributed by atoms with Gasteiger partial charge in [0.2, 0.25) is 0 Å². The molecule has 0 aromatic heterocycles. The van der Waals surface area contributed by atoms with Gasteiger partial charge in [0.15, 0.2) is 11.5 Å². The number of methoxy groups -OCH3 is 1. The molecule has 148 valence electrons. The molecule has 0 aliphatic heterocycles. The second kappa shape index (κ2) is 13.3. The minimum Gasteiger partial charge on any atom is -0.493 e. The van der Waals surface area contributed by atoms with Gasteiger partial charge in [-0.1, -0.05) is 51.5 Å². The van der Waals surface area contributed by atoms with Gasteiger partial charge in [0.1, 0.15) is 6.61 Å². The first-order chi connectivity index (χ1) is 12.6. The number of ether oxygens (including phenoxy) is 2. The van der Waals surface area contributed by atoms with E-state index in [1.165, 1.54) is 25.7 Å². The zero-order valence-electron chi connectivity index (χ0n) is 16.1. The number of carboxylic acid groups (broad SMARTS) is 1. The number of hydrogen-bond acceptors (Lipinski definition) is 4. The van der Waals surface area contributed by atoms with Gasteiger partial charge in [0, 0.05) is 12.6 Å². The normalized spacial score (nSPS) is 11.8. The number of rotatable bonds is 14. The highest BCUT2D eigenvalue weighted by molar-refractivity contribution is 5.64. The molecule has 1 atom stereocenters. The first-order valence-corrected chi connectivity index (χ1v) is 9.60. The van der Waals surface area contributed by atoms with Gasteiger partial charge in [-0.2, -0.15) is 0 Å². The lowest BCUT2D eigenvalue weighted by Crippen LogP contribution is -2.35. The molecule has 0 fully saturated rings. The fourth-order valence-electron chi connectivity index (χ4n) is 2.98. The largest absolute Gasteiger partial charge is 0.493 e. The Bertz CT molecular complexity index is 523. The van der Waals surface area contributed by atoms with Gasteiger partial charge >= 0.3 is 6.09 Å². The van der Waals surface area contributed by atoms with Gasteiger partial charge in [-0.25, -0.2) is 4.79 Å². The minimum atomic E-state index is -0.976. The maximum Gasteiger partial charge on any atom is 0.404 e. The number of amides is 1. The molecule has 0 aliphatic rings. The van der Waals surface area contributed by atoms with Crippen molar-refractivity contribution in [3.63, 3.8) is 0 Å². The van der Waals surface area contributed by atoms with E-state index in [-0.39, 0.29) is 6.04 Å². The van der Waals surface area contributed by atoms with Crippen molar-refractivity contribution in [2.45, 2.75) is 64.3 Å². The van der Waals surface area contributed by atoms with E-state index in [9.17, 15) is 4.79 Å². The van der Waals surface area contributed by atoms with E-state index in [0.717, 1.165) is 24.8 Å². The van der Waals surface area contributed by atoms with Gasteiger partial charge in [-0.15, -0.1) is 0 Å². The lowest BCUT2D eigenvalue weighted by atomic mass is 9.99. The van der Waals surface area contributed by atoms with Crippen molar-refractivity contribution in [2.75, 3.05) is 20.3 Å². The predicted octanol–water partition coefficient (Wildman–Crippen LogP) is 3.96. The summed E-state index contributed by atoms with van der Waals surface area (Å²) < 4.78 is 10.9. The van der Waals surface area contributed by atoms with Crippen LogP contribution in [0.5, 0.6) is 11.5 Å². The van der Waals surface area contributed by atoms with Gasteiger partial charge < -0.3 is 25.6 Å². The van der Waals surface area contributed by atoms with Crippen LogP contribution in [-0.4, -0.2) is 37.5 Å². The Labute approximate surface area is 157 Å². The summed E-state index contributed by atoms with van der Waals surface area (Å²) >= 11 is 0. The molecule has 0 heterocycles. The third kappa shape index (κ3) is 8.94. The Morgan fingerprint density at radius 1 is 1.19 bits per heavy atom. The number of carbonyl (C=O) groups is 1. The first kappa shape index (κ1) is 22.1. The molecule has 4 N–H and O–H groups in total. The van der Waals surface area contributed by atoms with Crippen molar-refractivity contribution < 1.29 is 19.4 Å². The topological polar surface area (TPSA) is 93.8 Å². The molecular weight excluding hydrogens is 332 g/mol. The highest BCUT2D eigenvalue weighted by Gasteiger charge is 2.14. The lowest BCUT2D eigenvalue weighted by molar-refractivity contribution is 0.188. The smallest absolute Gasteiger partial charge is 0.404 e. The lowest BCUT2D eigenvalue weighted by Gasteiger charge is -2.18. The number of unbranched alkanes of at least 4 members (excludes halogenated alkanes) is 5.